The lowest BCUT2D eigenvalue weighted by Gasteiger charge is -2.21. The van der Waals surface area contributed by atoms with E-state index in [4.69, 9.17) is 11.6 Å². The molecule has 24 heavy (non-hydrogen) atoms. The Hall–Kier alpha value is -1.55. The quantitative estimate of drug-likeness (QED) is 0.837. The fourth-order valence-electron chi connectivity index (χ4n) is 3.03. The van der Waals surface area contributed by atoms with E-state index in [1.165, 1.54) is 0 Å². The van der Waals surface area contributed by atoms with Crippen LogP contribution in [0.3, 0.4) is 0 Å². The zero-order valence-corrected chi connectivity index (χ0v) is 14.9. The number of halogens is 2. The molecule has 2 atom stereocenters. The number of amides is 1. The van der Waals surface area contributed by atoms with Gasteiger partial charge in [0.2, 0.25) is 5.91 Å². The first-order valence-electron chi connectivity index (χ1n) is 8.05. The van der Waals surface area contributed by atoms with Crippen LogP contribution in [0.25, 0.3) is 0 Å². The Bertz CT molecular complexity index is 640. The van der Waals surface area contributed by atoms with Gasteiger partial charge in [0.1, 0.15) is 0 Å². The van der Waals surface area contributed by atoms with Gasteiger partial charge in [0.15, 0.2) is 0 Å². The van der Waals surface area contributed by atoms with Crippen LogP contribution in [0.2, 0.25) is 5.02 Å². The van der Waals surface area contributed by atoms with Gasteiger partial charge in [-0.25, -0.2) is 0 Å². The van der Waals surface area contributed by atoms with Gasteiger partial charge in [0.25, 0.3) is 0 Å². The topological polar surface area (TPSA) is 41.1 Å². The minimum absolute atomic E-state index is 0. The standard InChI is InChI=1S/C19H21ClN2O.ClH/c20-16-10-8-15(9-11-16)19(14-5-2-1-3-6-14)22-18(23)13-17-7-4-12-21-17;/h1-3,5-6,8-11,17,19,21H,4,7,12-13H2,(H,22,23);1H. The van der Waals surface area contributed by atoms with Crippen molar-refractivity contribution in [1.82, 2.24) is 10.6 Å². The summed E-state index contributed by atoms with van der Waals surface area (Å²) in [6, 6.07) is 17.8. The molecule has 1 aliphatic heterocycles. The largest absolute Gasteiger partial charge is 0.345 e. The number of benzene rings is 2. The second-order valence-corrected chi connectivity index (χ2v) is 6.40. The van der Waals surface area contributed by atoms with Crippen molar-refractivity contribution in [3.8, 4) is 0 Å². The molecule has 0 saturated carbocycles. The molecule has 1 aliphatic rings. The van der Waals surface area contributed by atoms with E-state index < -0.39 is 0 Å². The molecule has 3 nitrogen and oxygen atoms in total. The highest BCUT2D eigenvalue weighted by Crippen LogP contribution is 2.24. The lowest BCUT2D eigenvalue weighted by Crippen LogP contribution is -2.34. The third kappa shape index (κ3) is 4.97. The fourth-order valence-corrected chi connectivity index (χ4v) is 3.16. The maximum atomic E-state index is 12.4. The van der Waals surface area contributed by atoms with E-state index in [-0.39, 0.29) is 24.4 Å². The summed E-state index contributed by atoms with van der Waals surface area (Å²) in [6.45, 7) is 1.01. The lowest BCUT2D eigenvalue weighted by molar-refractivity contribution is -0.122. The summed E-state index contributed by atoms with van der Waals surface area (Å²) < 4.78 is 0. The second-order valence-electron chi connectivity index (χ2n) is 5.96. The molecule has 2 N–H and O–H groups in total. The van der Waals surface area contributed by atoms with Crippen LogP contribution in [0.4, 0.5) is 0 Å². The van der Waals surface area contributed by atoms with Gasteiger partial charge in [-0.1, -0.05) is 54.1 Å². The van der Waals surface area contributed by atoms with Crippen LogP contribution in [-0.4, -0.2) is 18.5 Å². The van der Waals surface area contributed by atoms with Crippen molar-refractivity contribution in [2.75, 3.05) is 6.54 Å². The fraction of sp³-hybridized carbons (Fsp3) is 0.316. The van der Waals surface area contributed by atoms with Gasteiger partial charge in [0, 0.05) is 17.5 Å². The Balaban J connectivity index is 0.00000208. The molecule has 1 saturated heterocycles. The average molecular weight is 365 g/mol. The van der Waals surface area contributed by atoms with Gasteiger partial charge in [-0.15, -0.1) is 12.4 Å². The Morgan fingerprint density at radius 2 is 1.79 bits per heavy atom. The number of nitrogens with one attached hydrogen (secondary N) is 2. The molecule has 0 aromatic heterocycles. The first kappa shape index (κ1) is 18.8. The van der Waals surface area contributed by atoms with Gasteiger partial charge in [0.05, 0.1) is 6.04 Å². The van der Waals surface area contributed by atoms with Gasteiger partial charge in [-0.3, -0.25) is 4.79 Å². The summed E-state index contributed by atoms with van der Waals surface area (Å²) in [5.74, 6) is 0.0770. The van der Waals surface area contributed by atoms with Crippen LogP contribution in [0, 0.1) is 0 Å². The van der Waals surface area contributed by atoms with E-state index in [0.29, 0.717) is 17.5 Å². The molecular formula is C19H22Cl2N2O. The average Bonchev–Trinajstić information content (AvgIpc) is 3.07. The van der Waals surface area contributed by atoms with Crippen molar-refractivity contribution in [1.29, 1.82) is 0 Å². The number of rotatable bonds is 5. The summed E-state index contributed by atoms with van der Waals surface area (Å²) in [5, 5.41) is 7.24. The van der Waals surface area contributed by atoms with E-state index in [1.54, 1.807) is 0 Å². The third-order valence-electron chi connectivity index (χ3n) is 4.24. The van der Waals surface area contributed by atoms with Crippen molar-refractivity contribution in [3.05, 3.63) is 70.7 Å². The molecule has 1 amide bonds. The normalized spacial score (nSPS) is 17.8. The lowest BCUT2D eigenvalue weighted by atomic mass is 9.98. The van der Waals surface area contributed by atoms with E-state index >= 15 is 0 Å². The molecule has 1 fully saturated rings. The third-order valence-corrected chi connectivity index (χ3v) is 4.49. The van der Waals surface area contributed by atoms with Crippen molar-refractivity contribution >= 4 is 29.9 Å². The van der Waals surface area contributed by atoms with Crippen molar-refractivity contribution in [2.45, 2.75) is 31.3 Å². The highest BCUT2D eigenvalue weighted by molar-refractivity contribution is 6.30. The molecule has 0 spiro atoms. The van der Waals surface area contributed by atoms with Gasteiger partial charge in [-0.05, 0) is 42.6 Å². The number of hydrogen-bond acceptors (Lipinski definition) is 2. The van der Waals surface area contributed by atoms with E-state index in [2.05, 4.69) is 10.6 Å². The van der Waals surface area contributed by atoms with E-state index in [0.717, 1.165) is 30.5 Å². The smallest absolute Gasteiger partial charge is 0.222 e. The van der Waals surface area contributed by atoms with Crippen LogP contribution in [-0.2, 0) is 4.79 Å². The SMILES string of the molecule is Cl.O=C(CC1CCCN1)NC(c1ccccc1)c1ccc(Cl)cc1. The van der Waals surface area contributed by atoms with Crippen LogP contribution in [0.5, 0.6) is 0 Å². The molecule has 0 bridgehead atoms. The maximum absolute atomic E-state index is 12.4. The van der Waals surface area contributed by atoms with Crippen LogP contribution < -0.4 is 10.6 Å². The van der Waals surface area contributed by atoms with E-state index in [1.807, 2.05) is 54.6 Å². The summed E-state index contributed by atoms with van der Waals surface area (Å²) in [6.07, 6.45) is 2.75. The summed E-state index contributed by atoms with van der Waals surface area (Å²) in [7, 11) is 0. The minimum atomic E-state index is -0.151. The Kier molecular flexibility index (Phi) is 7.10. The summed E-state index contributed by atoms with van der Waals surface area (Å²) >= 11 is 5.99. The molecule has 1 heterocycles. The van der Waals surface area contributed by atoms with Crippen molar-refractivity contribution < 1.29 is 4.79 Å². The highest BCUT2D eigenvalue weighted by atomic mass is 35.5. The molecule has 2 aromatic carbocycles. The van der Waals surface area contributed by atoms with Gasteiger partial charge in [-0.2, -0.15) is 0 Å². The zero-order chi connectivity index (χ0) is 16.1. The Morgan fingerprint density at radius 3 is 2.42 bits per heavy atom. The minimum Gasteiger partial charge on any atom is -0.345 e. The predicted octanol–water partition coefficient (Wildman–Crippen LogP) is 4.11. The first-order chi connectivity index (χ1) is 11.2. The molecule has 0 aliphatic carbocycles. The first-order valence-corrected chi connectivity index (χ1v) is 8.43. The van der Waals surface area contributed by atoms with Crippen molar-refractivity contribution in [3.63, 3.8) is 0 Å². The van der Waals surface area contributed by atoms with Crippen LogP contribution in [0.15, 0.2) is 54.6 Å². The van der Waals surface area contributed by atoms with Crippen LogP contribution >= 0.6 is 24.0 Å². The number of hydrogen-bond donors (Lipinski definition) is 2. The number of carbonyl (C=O) groups excluding carboxylic acids is 1. The highest BCUT2D eigenvalue weighted by Gasteiger charge is 2.21. The Labute approximate surface area is 154 Å². The molecular weight excluding hydrogens is 343 g/mol. The van der Waals surface area contributed by atoms with E-state index in [9.17, 15) is 4.79 Å². The summed E-state index contributed by atoms with van der Waals surface area (Å²) in [4.78, 5) is 12.4. The molecule has 2 unspecified atom stereocenters. The maximum Gasteiger partial charge on any atom is 0.222 e. The summed E-state index contributed by atoms with van der Waals surface area (Å²) in [5.41, 5.74) is 2.11. The Morgan fingerprint density at radius 1 is 1.12 bits per heavy atom. The molecule has 0 radical (unpaired) electrons. The zero-order valence-electron chi connectivity index (χ0n) is 13.4. The molecule has 5 heteroatoms. The van der Waals surface area contributed by atoms with Gasteiger partial charge < -0.3 is 10.6 Å². The van der Waals surface area contributed by atoms with Gasteiger partial charge >= 0.3 is 0 Å². The molecule has 3 rings (SSSR count). The predicted molar refractivity (Wildman–Crippen MR) is 101 cm³/mol. The molecule has 128 valence electrons. The van der Waals surface area contributed by atoms with Crippen LogP contribution in [0.1, 0.15) is 36.4 Å². The molecule has 2 aromatic rings. The van der Waals surface area contributed by atoms with Crippen molar-refractivity contribution in [2.24, 2.45) is 0 Å². The monoisotopic (exact) mass is 364 g/mol. The number of carbonyl (C=O) groups is 1. The second kappa shape index (κ2) is 9.07.